The molecule has 0 atom stereocenters. The third kappa shape index (κ3) is 2.38. The van der Waals surface area contributed by atoms with Gasteiger partial charge in [-0.05, 0) is 12.1 Å². The lowest BCUT2D eigenvalue weighted by atomic mass is 10.1. The molecule has 0 saturated carbocycles. The van der Waals surface area contributed by atoms with Gasteiger partial charge in [-0.2, -0.15) is 8.42 Å². The fourth-order valence-corrected chi connectivity index (χ4v) is 2.79. The van der Waals surface area contributed by atoms with Gasteiger partial charge < -0.3 is 4.72 Å². The minimum atomic E-state index is -4.20. The average molecular weight is 269 g/mol. The molecule has 4 nitrogen and oxygen atoms in total. The van der Waals surface area contributed by atoms with Crippen molar-refractivity contribution in [1.29, 1.82) is 0 Å². The highest BCUT2D eigenvalue weighted by Crippen LogP contribution is 2.30. The Morgan fingerprint density at radius 2 is 1.76 bits per heavy atom. The Morgan fingerprint density at radius 3 is 2.35 bits per heavy atom. The summed E-state index contributed by atoms with van der Waals surface area (Å²) in [4.78, 5) is -0.0697. The first kappa shape index (κ1) is 12.2. The van der Waals surface area contributed by atoms with Crippen LogP contribution in [0.4, 0.5) is 5.69 Å². The van der Waals surface area contributed by atoms with Crippen LogP contribution >= 0.6 is 11.9 Å². The van der Waals surface area contributed by atoms with Gasteiger partial charge in [0.1, 0.15) is 4.90 Å². The molecule has 0 fully saturated rings. The zero-order chi connectivity index (χ0) is 12.5. The number of fused-ring (bicyclic) bond motifs is 1. The topological polar surface area (TPSA) is 66.4 Å². The minimum Gasteiger partial charge on any atom is -0.329 e. The molecular formula is C11H11NO3S2. The fourth-order valence-electron chi connectivity index (χ4n) is 1.70. The molecule has 0 saturated heterocycles. The summed E-state index contributed by atoms with van der Waals surface area (Å²) >= 11 is 1.42. The zero-order valence-corrected chi connectivity index (χ0v) is 10.7. The minimum absolute atomic E-state index is 0.0697. The second-order valence-electron chi connectivity index (χ2n) is 3.44. The molecule has 6 heteroatoms. The number of anilines is 1. The molecule has 0 aromatic heterocycles. The van der Waals surface area contributed by atoms with Gasteiger partial charge in [0, 0.05) is 17.0 Å². The molecule has 90 valence electrons. The van der Waals surface area contributed by atoms with Crippen molar-refractivity contribution < 1.29 is 13.0 Å². The molecule has 0 spiro atoms. The summed E-state index contributed by atoms with van der Waals surface area (Å²) in [6.07, 6.45) is 1.88. The maximum atomic E-state index is 11.2. The van der Waals surface area contributed by atoms with E-state index < -0.39 is 10.1 Å². The predicted molar refractivity (Wildman–Crippen MR) is 70.9 cm³/mol. The van der Waals surface area contributed by atoms with Gasteiger partial charge in [-0.15, -0.1) is 0 Å². The highest BCUT2D eigenvalue weighted by Gasteiger charge is 2.15. The van der Waals surface area contributed by atoms with Gasteiger partial charge in [0.05, 0.1) is 5.69 Å². The molecule has 0 unspecified atom stereocenters. The third-order valence-corrected chi connectivity index (χ3v) is 3.71. The van der Waals surface area contributed by atoms with Crippen molar-refractivity contribution >= 4 is 38.5 Å². The van der Waals surface area contributed by atoms with E-state index in [1.807, 2.05) is 18.4 Å². The second-order valence-corrected chi connectivity index (χ2v) is 5.44. The van der Waals surface area contributed by atoms with E-state index >= 15 is 0 Å². The van der Waals surface area contributed by atoms with E-state index in [9.17, 15) is 8.42 Å². The van der Waals surface area contributed by atoms with Crippen molar-refractivity contribution in [3.63, 3.8) is 0 Å². The lowest BCUT2D eigenvalue weighted by Crippen LogP contribution is -2.00. The SMILES string of the molecule is CSNc1ccc(S(=O)(=O)O)c2ccccc12. The summed E-state index contributed by atoms with van der Waals surface area (Å²) in [6, 6.07) is 10.1. The molecule has 0 aliphatic carbocycles. The molecule has 0 aliphatic heterocycles. The number of nitrogens with one attached hydrogen (secondary N) is 1. The van der Waals surface area contributed by atoms with Crippen LogP contribution in [0.25, 0.3) is 10.8 Å². The van der Waals surface area contributed by atoms with Crippen molar-refractivity contribution in [3.8, 4) is 0 Å². The van der Waals surface area contributed by atoms with E-state index in [-0.39, 0.29) is 4.90 Å². The molecule has 0 radical (unpaired) electrons. The van der Waals surface area contributed by atoms with Crippen molar-refractivity contribution in [2.24, 2.45) is 0 Å². The smallest absolute Gasteiger partial charge is 0.295 e. The van der Waals surface area contributed by atoms with E-state index in [0.717, 1.165) is 11.1 Å². The van der Waals surface area contributed by atoms with Gasteiger partial charge in [-0.3, -0.25) is 4.55 Å². The highest BCUT2D eigenvalue weighted by molar-refractivity contribution is 7.99. The first-order valence-corrected chi connectivity index (χ1v) is 7.49. The van der Waals surface area contributed by atoms with Gasteiger partial charge in [0.15, 0.2) is 0 Å². The summed E-state index contributed by atoms with van der Waals surface area (Å²) in [5.41, 5.74) is 0.820. The normalized spacial score (nSPS) is 11.6. The predicted octanol–water partition coefficient (Wildman–Crippen LogP) is 2.78. The Hall–Kier alpha value is -1.24. The number of rotatable bonds is 3. The molecule has 2 aromatic rings. The van der Waals surface area contributed by atoms with Gasteiger partial charge in [0.2, 0.25) is 0 Å². The molecule has 2 N–H and O–H groups in total. The molecule has 17 heavy (non-hydrogen) atoms. The Labute approximate surface area is 104 Å². The summed E-state index contributed by atoms with van der Waals surface area (Å²) in [7, 11) is -4.20. The first-order chi connectivity index (χ1) is 8.04. The van der Waals surface area contributed by atoms with Gasteiger partial charge >= 0.3 is 0 Å². The average Bonchev–Trinajstić information content (AvgIpc) is 2.28. The molecule has 2 rings (SSSR count). The Balaban J connectivity index is 2.80. The van der Waals surface area contributed by atoms with Crippen LogP contribution in [0.2, 0.25) is 0 Å². The Bertz CT molecular complexity index is 653. The molecule has 2 aromatic carbocycles. The van der Waals surface area contributed by atoms with Crippen LogP contribution in [0.15, 0.2) is 41.3 Å². The monoisotopic (exact) mass is 269 g/mol. The van der Waals surface area contributed by atoms with Crippen LogP contribution in [0.3, 0.4) is 0 Å². The zero-order valence-electron chi connectivity index (χ0n) is 9.04. The quantitative estimate of drug-likeness (QED) is 0.662. The summed E-state index contributed by atoms with van der Waals surface area (Å²) in [6.45, 7) is 0. The van der Waals surface area contributed by atoms with Crippen molar-refractivity contribution in [1.82, 2.24) is 0 Å². The van der Waals surface area contributed by atoms with E-state index in [0.29, 0.717) is 5.39 Å². The number of benzene rings is 2. The summed E-state index contributed by atoms with van der Waals surface area (Å²) in [5, 5.41) is 1.27. The number of hydrogen-bond donors (Lipinski definition) is 2. The van der Waals surface area contributed by atoms with Crippen LogP contribution in [0.5, 0.6) is 0 Å². The molecular weight excluding hydrogens is 258 g/mol. The van der Waals surface area contributed by atoms with E-state index in [4.69, 9.17) is 4.55 Å². The number of hydrogen-bond acceptors (Lipinski definition) is 4. The van der Waals surface area contributed by atoms with Gasteiger partial charge in [0.25, 0.3) is 10.1 Å². The summed E-state index contributed by atoms with van der Waals surface area (Å²) in [5.74, 6) is 0. The van der Waals surface area contributed by atoms with Crippen molar-refractivity contribution in [2.45, 2.75) is 4.90 Å². The van der Waals surface area contributed by atoms with Crippen LogP contribution in [0.1, 0.15) is 0 Å². The maximum Gasteiger partial charge on any atom is 0.295 e. The van der Waals surface area contributed by atoms with Crippen LogP contribution in [-0.4, -0.2) is 19.2 Å². The van der Waals surface area contributed by atoms with Gasteiger partial charge in [-0.1, -0.05) is 36.2 Å². The van der Waals surface area contributed by atoms with E-state index in [2.05, 4.69) is 4.72 Å². The van der Waals surface area contributed by atoms with Crippen LogP contribution < -0.4 is 4.72 Å². The van der Waals surface area contributed by atoms with E-state index in [1.165, 1.54) is 18.0 Å². The molecule has 0 bridgehead atoms. The fraction of sp³-hybridized carbons (Fsp3) is 0.0909. The Kier molecular flexibility index (Phi) is 3.28. The maximum absolute atomic E-state index is 11.2. The van der Waals surface area contributed by atoms with Crippen molar-refractivity contribution in [2.75, 3.05) is 11.0 Å². The lowest BCUT2D eigenvalue weighted by Gasteiger charge is -2.09. The van der Waals surface area contributed by atoms with Crippen molar-refractivity contribution in [3.05, 3.63) is 36.4 Å². The molecule has 0 amide bonds. The van der Waals surface area contributed by atoms with Gasteiger partial charge in [-0.25, -0.2) is 0 Å². The largest absolute Gasteiger partial charge is 0.329 e. The van der Waals surface area contributed by atoms with E-state index in [1.54, 1.807) is 18.2 Å². The highest BCUT2D eigenvalue weighted by atomic mass is 32.2. The van der Waals surface area contributed by atoms with Crippen LogP contribution in [0, 0.1) is 0 Å². The summed E-state index contributed by atoms with van der Waals surface area (Å²) < 4.78 is 34.7. The second kappa shape index (κ2) is 4.56. The molecule has 0 heterocycles. The Morgan fingerprint density at radius 1 is 1.12 bits per heavy atom. The molecule has 0 aliphatic rings. The van der Waals surface area contributed by atoms with Crippen LogP contribution in [-0.2, 0) is 10.1 Å². The third-order valence-electron chi connectivity index (χ3n) is 2.37. The first-order valence-electron chi connectivity index (χ1n) is 4.82. The lowest BCUT2D eigenvalue weighted by molar-refractivity contribution is 0.484. The standard InChI is InChI=1S/C11H11NO3S2/c1-16-12-10-6-7-11(17(13,14)15)9-5-3-2-4-8(9)10/h2-7,12H,1H3,(H,13,14,15).